The molecule has 1 aromatic heterocycles. The van der Waals surface area contributed by atoms with Gasteiger partial charge in [0, 0.05) is 25.0 Å². The molecule has 0 bridgehead atoms. The zero-order chi connectivity index (χ0) is 15.8. The number of rotatable bonds is 9. The first-order valence-corrected chi connectivity index (χ1v) is 7.95. The van der Waals surface area contributed by atoms with Crippen molar-refractivity contribution < 1.29 is 0 Å². The lowest BCUT2D eigenvalue weighted by Gasteiger charge is -2.29. The summed E-state index contributed by atoms with van der Waals surface area (Å²) in [7, 11) is 0. The summed E-state index contributed by atoms with van der Waals surface area (Å²) in [4.78, 5) is 11.6. The summed E-state index contributed by atoms with van der Waals surface area (Å²) >= 11 is 0. The van der Waals surface area contributed by atoms with E-state index in [4.69, 9.17) is 4.98 Å². The molecule has 1 rings (SSSR count). The van der Waals surface area contributed by atoms with Crippen LogP contribution in [0.25, 0.3) is 0 Å². The van der Waals surface area contributed by atoms with Crippen molar-refractivity contribution >= 4 is 5.69 Å². The van der Waals surface area contributed by atoms with Crippen molar-refractivity contribution in [2.45, 2.75) is 59.5 Å². The number of nitrogens with zero attached hydrogens (tertiary/aromatic N) is 3. The van der Waals surface area contributed by atoms with E-state index in [1.165, 1.54) is 0 Å². The molecule has 0 aliphatic carbocycles. The van der Waals surface area contributed by atoms with Gasteiger partial charge in [0.1, 0.15) is 5.82 Å². The highest BCUT2D eigenvalue weighted by Gasteiger charge is 2.16. The van der Waals surface area contributed by atoms with Crippen molar-refractivity contribution in [3.8, 4) is 0 Å². The van der Waals surface area contributed by atoms with E-state index in [2.05, 4.69) is 56.4 Å². The third kappa shape index (κ3) is 5.12. The minimum absolute atomic E-state index is 0.343. The van der Waals surface area contributed by atoms with Crippen LogP contribution < -0.4 is 10.2 Å². The number of hydrogen-bond donors (Lipinski definition) is 1. The van der Waals surface area contributed by atoms with E-state index in [-0.39, 0.29) is 0 Å². The predicted octanol–water partition coefficient (Wildman–Crippen LogP) is 3.50. The summed E-state index contributed by atoms with van der Waals surface area (Å²) in [5, 5.41) is 3.45. The molecule has 4 nitrogen and oxygen atoms in total. The maximum Gasteiger partial charge on any atom is 0.131 e. The Morgan fingerprint density at radius 2 is 2.05 bits per heavy atom. The van der Waals surface area contributed by atoms with Gasteiger partial charge >= 0.3 is 0 Å². The lowest BCUT2D eigenvalue weighted by atomic mass is 10.2. The Kier molecular flexibility index (Phi) is 7.37. The van der Waals surface area contributed by atoms with Crippen LogP contribution in [0.4, 0.5) is 5.69 Å². The molecule has 21 heavy (non-hydrogen) atoms. The van der Waals surface area contributed by atoms with Crippen LogP contribution >= 0.6 is 0 Å². The Morgan fingerprint density at radius 3 is 2.57 bits per heavy atom. The molecular formula is C17H30N4. The van der Waals surface area contributed by atoms with Gasteiger partial charge in [-0.25, -0.2) is 9.97 Å². The minimum atomic E-state index is 0.343. The van der Waals surface area contributed by atoms with Crippen LogP contribution in [0.5, 0.6) is 0 Å². The van der Waals surface area contributed by atoms with Gasteiger partial charge in [0.15, 0.2) is 0 Å². The van der Waals surface area contributed by atoms with Gasteiger partial charge in [-0.1, -0.05) is 26.8 Å². The van der Waals surface area contributed by atoms with Gasteiger partial charge in [-0.2, -0.15) is 0 Å². The average Bonchev–Trinajstić information content (AvgIpc) is 2.45. The molecule has 1 aromatic rings. The van der Waals surface area contributed by atoms with Crippen molar-refractivity contribution in [3.63, 3.8) is 0 Å². The summed E-state index contributed by atoms with van der Waals surface area (Å²) in [5.74, 6) is 1.25. The minimum Gasteiger partial charge on any atom is -0.363 e. The van der Waals surface area contributed by atoms with Crippen LogP contribution in [0, 0.1) is 0 Å². The van der Waals surface area contributed by atoms with Crippen LogP contribution in [-0.4, -0.2) is 29.1 Å². The first-order chi connectivity index (χ1) is 10.0. The molecule has 0 radical (unpaired) electrons. The Balaban J connectivity index is 3.11. The van der Waals surface area contributed by atoms with Crippen molar-refractivity contribution in [2.24, 2.45) is 0 Å². The van der Waals surface area contributed by atoms with E-state index in [1.54, 1.807) is 0 Å². The summed E-state index contributed by atoms with van der Waals surface area (Å²) in [6.07, 6.45) is 5.02. The molecule has 0 aliphatic heterocycles. The van der Waals surface area contributed by atoms with E-state index in [0.29, 0.717) is 12.0 Å². The van der Waals surface area contributed by atoms with Gasteiger partial charge in [0.25, 0.3) is 0 Å². The summed E-state index contributed by atoms with van der Waals surface area (Å²) in [5.41, 5.74) is 2.19. The summed E-state index contributed by atoms with van der Waals surface area (Å²) in [6, 6.07) is 0.390. The van der Waals surface area contributed by atoms with E-state index in [9.17, 15) is 0 Å². The smallest absolute Gasteiger partial charge is 0.131 e. The topological polar surface area (TPSA) is 41.1 Å². The lowest BCUT2D eigenvalue weighted by molar-refractivity contribution is 0.640. The quantitative estimate of drug-likeness (QED) is 0.558. The van der Waals surface area contributed by atoms with Gasteiger partial charge in [-0.05, 0) is 26.8 Å². The van der Waals surface area contributed by atoms with Crippen molar-refractivity contribution in [1.29, 1.82) is 0 Å². The molecule has 0 saturated carbocycles. The van der Waals surface area contributed by atoms with Crippen LogP contribution in [0.2, 0.25) is 0 Å². The number of anilines is 1. The van der Waals surface area contributed by atoms with Crippen molar-refractivity contribution in [3.05, 3.63) is 30.4 Å². The van der Waals surface area contributed by atoms with Gasteiger partial charge in [-0.15, -0.1) is 6.58 Å². The molecule has 0 atom stereocenters. The van der Waals surface area contributed by atoms with Gasteiger partial charge in [-0.3, -0.25) is 0 Å². The molecule has 0 fully saturated rings. The normalized spacial score (nSPS) is 11.2. The fraction of sp³-hybridized carbons (Fsp3) is 0.647. The summed E-state index contributed by atoms with van der Waals surface area (Å²) < 4.78 is 0. The van der Waals surface area contributed by atoms with Crippen molar-refractivity contribution in [1.82, 2.24) is 15.3 Å². The molecule has 0 aromatic carbocycles. The van der Waals surface area contributed by atoms with Crippen LogP contribution in [0.3, 0.4) is 0 Å². The predicted molar refractivity (Wildman–Crippen MR) is 90.8 cm³/mol. The molecule has 1 N–H and O–H groups in total. The van der Waals surface area contributed by atoms with Crippen molar-refractivity contribution in [2.75, 3.05) is 18.0 Å². The highest BCUT2D eigenvalue weighted by molar-refractivity contribution is 5.50. The van der Waals surface area contributed by atoms with Gasteiger partial charge in [0.05, 0.1) is 17.6 Å². The molecule has 0 spiro atoms. The standard InChI is InChI=1S/C17H30N4/c1-7-9-18-11-15-16(21(10-8-2)14(5)6)12-19-17(20-15)13(3)4/h8,12-14,18H,2,7,9-11H2,1,3-6H3. The number of aromatic nitrogens is 2. The third-order valence-corrected chi connectivity index (χ3v) is 3.36. The molecule has 118 valence electrons. The van der Waals surface area contributed by atoms with Gasteiger partial charge in [0.2, 0.25) is 0 Å². The largest absolute Gasteiger partial charge is 0.363 e. The Hall–Kier alpha value is -1.42. The SMILES string of the molecule is C=CCN(c1cnc(C(C)C)nc1CNCCC)C(C)C. The third-order valence-electron chi connectivity index (χ3n) is 3.36. The molecule has 1 heterocycles. The highest BCUT2D eigenvalue weighted by Crippen LogP contribution is 2.22. The molecule has 0 unspecified atom stereocenters. The highest BCUT2D eigenvalue weighted by atomic mass is 15.2. The monoisotopic (exact) mass is 290 g/mol. The second-order valence-electron chi connectivity index (χ2n) is 5.93. The lowest BCUT2D eigenvalue weighted by Crippen LogP contribution is -2.33. The molecule has 0 aliphatic rings. The van der Waals surface area contributed by atoms with Crippen LogP contribution in [0.1, 0.15) is 58.5 Å². The first kappa shape index (κ1) is 17.6. The Bertz CT molecular complexity index is 440. The van der Waals surface area contributed by atoms with E-state index in [0.717, 1.165) is 43.3 Å². The fourth-order valence-corrected chi connectivity index (χ4v) is 2.18. The van der Waals surface area contributed by atoms with Gasteiger partial charge < -0.3 is 10.2 Å². The maximum absolute atomic E-state index is 4.78. The Labute approximate surface area is 129 Å². The second-order valence-corrected chi connectivity index (χ2v) is 5.93. The maximum atomic E-state index is 4.78. The van der Waals surface area contributed by atoms with E-state index < -0.39 is 0 Å². The zero-order valence-corrected chi connectivity index (χ0v) is 14.2. The molecule has 0 saturated heterocycles. The second kappa shape index (κ2) is 8.78. The number of hydrogen-bond acceptors (Lipinski definition) is 4. The van der Waals surface area contributed by atoms with E-state index >= 15 is 0 Å². The van der Waals surface area contributed by atoms with Crippen LogP contribution in [0.15, 0.2) is 18.9 Å². The number of nitrogens with one attached hydrogen (secondary N) is 1. The average molecular weight is 290 g/mol. The molecule has 0 amide bonds. The van der Waals surface area contributed by atoms with E-state index in [1.807, 2.05) is 12.3 Å². The summed E-state index contributed by atoms with van der Waals surface area (Å²) in [6.45, 7) is 17.3. The Morgan fingerprint density at radius 1 is 1.33 bits per heavy atom. The molecular weight excluding hydrogens is 260 g/mol. The first-order valence-electron chi connectivity index (χ1n) is 7.95. The van der Waals surface area contributed by atoms with Crippen LogP contribution in [-0.2, 0) is 6.54 Å². The zero-order valence-electron chi connectivity index (χ0n) is 14.2. The fourth-order valence-electron chi connectivity index (χ4n) is 2.18. The molecule has 4 heteroatoms.